The second kappa shape index (κ2) is 7.05. The first kappa shape index (κ1) is 18.0. The summed E-state index contributed by atoms with van der Waals surface area (Å²) in [5, 5.41) is 20.0. The van der Waals surface area contributed by atoms with E-state index in [1.54, 1.807) is 0 Å². The number of phosphoric ester groups is 1. The summed E-state index contributed by atoms with van der Waals surface area (Å²) in [5.41, 5.74) is 4.64. The van der Waals surface area contributed by atoms with Crippen LogP contribution in [0.4, 0.5) is 5.82 Å². The lowest BCUT2D eigenvalue weighted by Gasteiger charge is -2.18. The average molecular weight is 351 g/mol. The summed E-state index contributed by atoms with van der Waals surface area (Å²) >= 11 is 0. The molecule has 23 heavy (non-hydrogen) atoms. The molecule has 11 nitrogen and oxygen atoms in total. The number of aliphatic hydroxyl groups excluding tert-OH is 2. The highest BCUT2D eigenvalue weighted by Crippen LogP contribution is 2.48. The van der Waals surface area contributed by atoms with Gasteiger partial charge in [-0.3, -0.25) is 18.1 Å². The number of hydrogen-bond acceptors (Lipinski definition) is 10. The number of nitrogens with two attached hydrogens (primary N) is 1. The number of phosphoric acid groups is 1. The van der Waals surface area contributed by atoms with E-state index >= 15 is 0 Å². The van der Waals surface area contributed by atoms with Gasteiger partial charge in [0.25, 0.3) is 0 Å². The molecule has 2 rings (SSSR count). The average Bonchev–Trinajstić information content (AvgIpc) is 2.81. The number of anilines is 1. The van der Waals surface area contributed by atoms with Crippen molar-refractivity contribution in [3.05, 3.63) is 22.7 Å². The number of aromatic nitrogens is 2. The molecule has 1 saturated heterocycles. The minimum absolute atomic E-state index is 0.0142. The minimum atomic E-state index is -3.76. The van der Waals surface area contributed by atoms with Gasteiger partial charge in [-0.15, -0.1) is 0 Å². The van der Waals surface area contributed by atoms with Crippen molar-refractivity contribution in [2.75, 3.05) is 26.6 Å². The predicted octanol–water partition coefficient (Wildman–Crippen LogP) is -1.14. The topological polar surface area (TPSA) is 155 Å². The molecule has 0 radical (unpaired) electrons. The predicted molar refractivity (Wildman–Crippen MR) is 76.4 cm³/mol. The zero-order chi connectivity index (χ0) is 17.2. The molecule has 1 aliphatic rings. The standard InChI is InChI=1S/C11H18N3O8P/c1-19-23(18,20-2)21-5-6-8(15)9(16)10(22-6)14-4-3-7(12)13-11(14)17/h3-4,6,8-10,15-16H,5H2,1-2H3,(H2,12,13,17)/t6-,8-,9+,10-/m1/s1. The zero-order valence-corrected chi connectivity index (χ0v) is 13.3. The molecule has 0 unspecified atom stereocenters. The number of rotatable bonds is 6. The fourth-order valence-electron chi connectivity index (χ4n) is 2.06. The molecule has 1 fully saturated rings. The van der Waals surface area contributed by atoms with Crippen molar-refractivity contribution >= 4 is 13.6 Å². The van der Waals surface area contributed by atoms with Crippen LogP contribution in [0.1, 0.15) is 6.23 Å². The first-order valence-corrected chi connectivity index (χ1v) is 7.99. The molecule has 1 aromatic rings. The Bertz CT molecular complexity index is 644. The van der Waals surface area contributed by atoms with E-state index in [-0.39, 0.29) is 12.4 Å². The Balaban J connectivity index is 2.12. The summed E-state index contributed by atoms with van der Waals surface area (Å²) in [4.78, 5) is 15.3. The van der Waals surface area contributed by atoms with Crippen LogP contribution in [-0.2, 0) is 22.9 Å². The van der Waals surface area contributed by atoms with E-state index in [0.29, 0.717) is 0 Å². The van der Waals surface area contributed by atoms with Gasteiger partial charge >= 0.3 is 13.5 Å². The molecule has 0 saturated carbocycles. The molecule has 12 heteroatoms. The van der Waals surface area contributed by atoms with Crippen LogP contribution in [0.2, 0.25) is 0 Å². The number of nitrogens with zero attached hydrogens (tertiary/aromatic N) is 2. The summed E-state index contributed by atoms with van der Waals surface area (Å²) in [6, 6.07) is 1.34. The molecule has 4 N–H and O–H groups in total. The van der Waals surface area contributed by atoms with Crippen molar-refractivity contribution in [1.82, 2.24) is 9.55 Å². The van der Waals surface area contributed by atoms with E-state index in [9.17, 15) is 19.6 Å². The van der Waals surface area contributed by atoms with Gasteiger partial charge in [-0.2, -0.15) is 4.98 Å². The van der Waals surface area contributed by atoms with Gasteiger partial charge in [0.2, 0.25) is 0 Å². The van der Waals surface area contributed by atoms with Crippen LogP contribution in [-0.4, -0.2) is 58.9 Å². The minimum Gasteiger partial charge on any atom is -0.387 e. The molecular formula is C11H18N3O8P. The molecule has 1 aliphatic heterocycles. The molecule has 1 aromatic heterocycles. The number of hydrogen-bond donors (Lipinski definition) is 3. The van der Waals surface area contributed by atoms with Gasteiger partial charge in [0, 0.05) is 20.4 Å². The fourth-order valence-corrected chi connectivity index (χ4v) is 2.75. The molecule has 0 amide bonds. The van der Waals surface area contributed by atoms with Crippen LogP contribution in [0.15, 0.2) is 17.1 Å². The van der Waals surface area contributed by atoms with Crippen LogP contribution in [0, 0.1) is 0 Å². The second-order valence-corrected chi connectivity index (χ2v) is 6.58. The maximum Gasteiger partial charge on any atom is 0.474 e. The lowest BCUT2D eigenvalue weighted by atomic mass is 10.1. The quantitative estimate of drug-likeness (QED) is 0.536. The second-order valence-electron chi connectivity index (χ2n) is 4.70. The summed E-state index contributed by atoms with van der Waals surface area (Å²) in [6.45, 7) is -0.384. The summed E-state index contributed by atoms with van der Waals surface area (Å²) < 4.78 is 32.3. The number of aliphatic hydroxyl groups is 2. The third-order valence-electron chi connectivity index (χ3n) is 3.31. The molecule has 0 spiro atoms. The van der Waals surface area contributed by atoms with Gasteiger partial charge in [-0.25, -0.2) is 9.36 Å². The fraction of sp³-hybridized carbons (Fsp3) is 0.636. The first-order chi connectivity index (χ1) is 10.8. The Labute approximate surface area is 131 Å². The highest BCUT2D eigenvalue weighted by Gasteiger charge is 2.45. The van der Waals surface area contributed by atoms with Gasteiger partial charge in [-0.1, -0.05) is 0 Å². The van der Waals surface area contributed by atoms with Crippen LogP contribution in [0.3, 0.4) is 0 Å². The number of ether oxygens (including phenoxy) is 1. The van der Waals surface area contributed by atoms with Crippen molar-refractivity contribution in [1.29, 1.82) is 0 Å². The first-order valence-electron chi connectivity index (χ1n) is 6.53. The van der Waals surface area contributed by atoms with E-state index < -0.39 is 38.1 Å². The maximum absolute atomic E-state index is 11.8. The Kier molecular flexibility index (Phi) is 5.53. The Morgan fingerprint density at radius 2 is 2.04 bits per heavy atom. The van der Waals surface area contributed by atoms with E-state index in [1.165, 1.54) is 12.3 Å². The van der Waals surface area contributed by atoms with Crippen molar-refractivity contribution < 1.29 is 33.1 Å². The van der Waals surface area contributed by atoms with Gasteiger partial charge in [-0.05, 0) is 6.07 Å². The monoisotopic (exact) mass is 351 g/mol. The SMILES string of the molecule is COP(=O)(OC)OC[C@H]1O[C@@H](n2ccc(N)nc2=O)[C@@H](O)[C@@H]1O. The van der Waals surface area contributed by atoms with E-state index in [0.717, 1.165) is 18.8 Å². The Morgan fingerprint density at radius 1 is 1.39 bits per heavy atom. The van der Waals surface area contributed by atoms with Crippen LogP contribution in [0.25, 0.3) is 0 Å². The third-order valence-corrected chi connectivity index (χ3v) is 4.67. The van der Waals surface area contributed by atoms with Crippen LogP contribution >= 0.6 is 7.82 Å². The normalized spacial score (nSPS) is 28.2. The van der Waals surface area contributed by atoms with Gasteiger partial charge in [0.1, 0.15) is 24.1 Å². The van der Waals surface area contributed by atoms with Gasteiger partial charge in [0.15, 0.2) is 6.23 Å². The van der Waals surface area contributed by atoms with Crippen molar-refractivity contribution in [3.8, 4) is 0 Å². The Morgan fingerprint density at radius 3 is 2.61 bits per heavy atom. The van der Waals surface area contributed by atoms with Crippen LogP contribution in [0.5, 0.6) is 0 Å². The Hall–Kier alpha value is -1.33. The van der Waals surface area contributed by atoms with E-state index in [1.807, 2.05) is 0 Å². The largest absolute Gasteiger partial charge is 0.474 e. The maximum atomic E-state index is 11.8. The molecule has 130 valence electrons. The molecule has 4 atom stereocenters. The van der Waals surface area contributed by atoms with E-state index in [2.05, 4.69) is 14.0 Å². The third kappa shape index (κ3) is 3.78. The zero-order valence-electron chi connectivity index (χ0n) is 12.4. The summed E-state index contributed by atoms with van der Waals surface area (Å²) in [7, 11) is -1.49. The van der Waals surface area contributed by atoms with Crippen molar-refractivity contribution in [2.45, 2.75) is 24.5 Å². The molecule has 0 aliphatic carbocycles. The highest BCUT2D eigenvalue weighted by atomic mass is 31.2. The molecule has 0 bridgehead atoms. The van der Waals surface area contributed by atoms with Crippen molar-refractivity contribution in [3.63, 3.8) is 0 Å². The van der Waals surface area contributed by atoms with Gasteiger partial charge < -0.3 is 20.7 Å². The molecule has 2 heterocycles. The smallest absolute Gasteiger partial charge is 0.387 e. The molecular weight excluding hydrogens is 333 g/mol. The molecule has 0 aromatic carbocycles. The van der Waals surface area contributed by atoms with E-state index in [4.69, 9.17) is 15.0 Å². The summed E-state index contributed by atoms with van der Waals surface area (Å²) in [6.07, 6.45) is -3.77. The lowest BCUT2D eigenvalue weighted by molar-refractivity contribution is -0.0551. The lowest BCUT2D eigenvalue weighted by Crippen LogP contribution is -2.36. The summed E-state index contributed by atoms with van der Waals surface area (Å²) in [5.74, 6) is 0.0142. The van der Waals surface area contributed by atoms with Crippen molar-refractivity contribution in [2.24, 2.45) is 0 Å². The number of nitrogen functional groups attached to an aromatic ring is 1. The van der Waals surface area contributed by atoms with Gasteiger partial charge in [0.05, 0.1) is 6.61 Å². The highest BCUT2D eigenvalue weighted by molar-refractivity contribution is 7.48. The van der Waals surface area contributed by atoms with Crippen LogP contribution < -0.4 is 11.4 Å².